The van der Waals surface area contributed by atoms with Crippen molar-refractivity contribution in [3.63, 3.8) is 0 Å². The maximum Gasteiger partial charge on any atom is 0.223 e. The lowest BCUT2D eigenvalue weighted by molar-refractivity contribution is -0.134. The Balaban J connectivity index is 1.69. The predicted molar refractivity (Wildman–Crippen MR) is 105 cm³/mol. The van der Waals surface area contributed by atoms with Crippen LogP contribution in [-0.4, -0.2) is 38.2 Å². The van der Waals surface area contributed by atoms with Crippen molar-refractivity contribution >= 4 is 5.91 Å². The fourth-order valence-electron chi connectivity index (χ4n) is 3.59. The van der Waals surface area contributed by atoms with Crippen LogP contribution in [0.25, 0.3) is 0 Å². The van der Waals surface area contributed by atoms with E-state index in [-0.39, 0.29) is 11.9 Å². The molecule has 2 aromatic carbocycles. The molecule has 0 bridgehead atoms. The number of hydrogen-bond donors (Lipinski definition) is 0. The summed E-state index contributed by atoms with van der Waals surface area (Å²) in [7, 11) is 4.93. The summed E-state index contributed by atoms with van der Waals surface area (Å²) in [5.74, 6) is 2.45. The number of carbonyl (C=O) groups excluding carboxylic acids is 1. The molecule has 1 aliphatic heterocycles. The second-order valence-electron chi connectivity index (χ2n) is 6.90. The van der Waals surface area contributed by atoms with Crippen molar-refractivity contribution in [3.8, 4) is 17.2 Å². The van der Waals surface area contributed by atoms with Gasteiger partial charge in [-0.3, -0.25) is 4.79 Å². The fourth-order valence-corrected chi connectivity index (χ4v) is 3.59. The molecule has 0 N–H and O–H groups in total. The van der Waals surface area contributed by atoms with Crippen molar-refractivity contribution in [1.29, 1.82) is 0 Å². The van der Waals surface area contributed by atoms with Gasteiger partial charge < -0.3 is 19.1 Å². The molecule has 1 amide bonds. The van der Waals surface area contributed by atoms with Crippen molar-refractivity contribution in [3.05, 3.63) is 53.1 Å². The van der Waals surface area contributed by atoms with Crippen molar-refractivity contribution in [2.75, 3.05) is 21.3 Å². The van der Waals surface area contributed by atoms with E-state index in [0.29, 0.717) is 18.7 Å². The Labute approximate surface area is 160 Å². The Morgan fingerprint density at radius 3 is 2.22 bits per heavy atom. The number of amides is 1. The minimum Gasteiger partial charge on any atom is -0.497 e. The lowest BCUT2D eigenvalue weighted by atomic mass is 9.93. The molecular weight excluding hydrogens is 342 g/mol. The van der Waals surface area contributed by atoms with Crippen molar-refractivity contribution in [2.24, 2.45) is 0 Å². The van der Waals surface area contributed by atoms with E-state index in [1.54, 1.807) is 21.3 Å². The van der Waals surface area contributed by atoms with Gasteiger partial charge in [0.2, 0.25) is 5.91 Å². The zero-order chi connectivity index (χ0) is 19.4. The first-order valence-corrected chi connectivity index (χ1v) is 9.22. The van der Waals surface area contributed by atoms with Gasteiger partial charge in [0.15, 0.2) is 11.5 Å². The molecule has 0 radical (unpaired) electrons. The predicted octanol–water partition coefficient (Wildman–Crippen LogP) is 3.62. The van der Waals surface area contributed by atoms with Crippen molar-refractivity contribution in [1.82, 2.24) is 4.90 Å². The zero-order valence-corrected chi connectivity index (χ0v) is 16.5. The molecule has 27 heavy (non-hydrogen) atoms. The third kappa shape index (κ3) is 4.18. The molecule has 5 heteroatoms. The molecule has 0 fully saturated rings. The van der Waals surface area contributed by atoms with Crippen LogP contribution in [0.3, 0.4) is 0 Å². The van der Waals surface area contributed by atoms with Crippen LogP contribution in [0.15, 0.2) is 36.4 Å². The number of nitrogens with zero attached hydrogens (tertiary/aromatic N) is 1. The number of rotatable bonds is 6. The molecule has 1 atom stereocenters. The van der Waals surface area contributed by atoms with Gasteiger partial charge in [0.25, 0.3) is 0 Å². The van der Waals surface area contributed by atoms with Crippen LogP contribution in [0.4, 0.5) is 0 Å². The van der Waals surface area contributed by atoms with Crippen molar-refractivity contribution in [2.45, 2.75) is 38.8 Å². The van der Waals surface area contributed by atoms with Crippen LogP contribution >= 0.6 is 0 Å². The molecule has 0 saturated heterocycles. The van der Waals surface area contributed by atoms with Gasteiger partial charge in [0.1, 0.15) is 5.75 Å². The van der Waals surface area contributed by atoms with Crippen LogP contribution in [-0.2, 0) is 24.2 Å². The van der Waals surface area contributed by atoms with Gasteiger partial charge in [-0.25, -0.2) is 0 Å². The van der Waals surface area contributed by atoms with E-state index in [0.717, 1.165) is 35.5 Å². The summed E-state index contributed by atoms with van der Waals surface area (Å²) in [6, 6.07) is 12.1. The third-order valence-corrected chi connectivity index (χ3v) is 5.20. The first kappa shape index (κ1) is 19.1. The Hall–Kier alpha value is -2.69. The number of fused-ring (bicyclic) bond motifs is 1. The third-order valence-electron chi connectivity index (χ3n) is 5.20. The van der Waals surface area contributed by atoms with Crippen LogP contribution in [0.2, 0.25) is 0 Å². The summed E-state index contributed by atoms with van der Waals surface area (Å²) < 4.78 is 16.0. The number of aryl methyl sites for hydroxylation is 1. The van der Waals surface area contributed by atoms with E-state index in [1.165, 1.54) is 5.56 Å². The first-order chi connectivity index (χ1) is 13.0. The molecule has 5 nitrogen and oxygen atoms in total. The Morgan fingerprint density at radius 1 is 1.00 bits per heavy atom. The molecule has 1 aliphatic rings. The molecule has 0 saturated carbocycles. The molecule has 0 aliphatic carbocycles. The smallest absolute Gasteiger partial charge is 0.223 e. The van der Waals surface area contributed by atoms with Gasteiger partial charge in [-0.1, -0.05) is 12.1 Å². The molecule has 144 valence electrons. The number of hydrogen-bond acceptors (Lipinski definition) is 4. The van der Waals surface area contributed by atoms with Crippen LogP contribution in [0, 0.1) is 0 Å². The zero-order valence-electron chi connectivity index (χ0n) is 16.5. The number of ether oxygens (including phenoxy) is 3. The fraction of sp³-hybridized carbons (Fsp3) is 0.409. The van der Waals surface area contributed by atoms with Gasteiger partial charge in [-0.05, 0) is 60.7 Å². The first-order valence-electron chi connectivity index (χ1n) is 9.22. The van der Waals surface area contributed by atoms with Gasteiger partial charge in [-0.2, -0.15) is 0 Å². The Morgan fingerprint density at radius 2 is 1.63 bits per heavy atom. The Bertz CT molecular complexity index is 801. The highest BCUT2D eigenvalue weighted by atomic mass is 16.5. The minimum absolute atomic E-state index is 0.166. The standard InChI is InChI=1S/C22H27NO4/c1-15-11-17-12-20(26-3)21(27-4)13-18(17)14-23(15)22(24)10-7-16-5-8-19(25-2)9-6-16/h5-6,8-9,12-13,15H,7,10-11,14H2,1-4H3. The lowest BCUT2D eigenvalue weighted by Crippen LogP contribution is -2.42. The van der Waals surface area contributed by atoms with Crippen LogP contribution in [0.1, 0.15) is 30.0 Å². The molecule has 1 unspecified atom stereocenters. The number of benzene rings is 2. The Kier molecular flexibility index (Phi) is 5.89. The second kappa shape index (κ2) is 8.33. The quantitative estimate of drug-likeness (QED) is 0.780. The molecule has 1 heterocycles. The van der Waals surface area contributed by atoms with Gasteiger partial charge in [0, 0.05) is 19.0 Å². The lowest BCUT2D eigenvalue weighted by Gasteiger charge is -2.35. The average molecular weight is 369 g/mol. The molecule has 0 aromatic heterocycles. The summed E-state index contributed by atoms with van der Waals surface area (Å²) in [6.07, 6.45) is 2.05. The van der Waals surface area contributed by atoms with E-state index in [2.05, 4.69) is 6.92 Å². The van der Waals surface area contributed by atoms with E-state index in [1.807, 2.05) is 41.3 Å². The maximum atomic E-state index is 12.8. The van der Waals surface area contributed by atoms with Gasteiger partial charge in [-0.15, -0.1) is 0 Å². The molecule has 0 spiro atoms. The topological polar surface area (TPSA) is 48.0 Å². The molecular formula is C22H27NO4. The molecule has 3 rings (SSSR count). The summed E-state index contributed by atoms with van der Waals surface area (Å²) in [5.41, 5.74) is 3.49. The largest absolute Gasteiger partial charge is 0.497 e. The highest BCUT2D eigenvalue weighted by Gasteiger charge is 2.27. The summed E-state index contributed by atoms with van der Waals surface area (Å²) in [5, 5.41) is 0. The van der Waals surface area contributed by atoms with Crippen molar-refractivity contribution < 1.29 is 19.0 Å². The van der Waals surface area contributed by atoms with Gasteiger partial charge >= 0.3 is 0 Å². The average Bonchev–Trinajstić information content (AvgIpc) is 2.70. The van der Waals surface area contributed by atoms with E-state index < -0.39 is 0 Å². The summed E-state index contributed by atoms with van der Waals surface area (Å²) in [6.45, 7) is 2.71. The van der Waals surface area contributed by atoms with Crippen LogP contribution in [0.5, 0.6) is 17.2 Å². The van der Waals surface area contributed by atoms with E-state index in [4.69, 9.17) is 14.2 Å². The maximum absolute atomic E-state index is 12.8. The normalized spacial score (nSPS) is 15.9. The monoisotopic (exact) mass is 369 g/mol. The minimum atomic E-state index is 0.166. The van der Waals surface area contributed by atoms with Crippen LogP contribution < -0.4 is 14.2 Å². The number of methoxy groups -OCH3 is 3. The molecule has 2 aromatic rings. The van der Waals surface area contributed by atoms with Gasteiger partial charge in [0.05, 0.1) is 21.3 Å². The highest BCUT2D eigenvalue weighted by Crippen LogP contribution is 2.34. The second-order valence-corrected chi connectivity index (χ2v) is 6.90. The highest BCUT2D eigenvalue weighted by molar-refractivity contribution is 5.77. The summed E-state index contributed by atoms with van der Waals surface area (Å²) in [4.78, 5) is 14.8. The number of carbonyl (C=O) groups is 1. The summed E-state index contributed by atoms with van der Waals surface area (Å²) >= 11 is 0. The van der Waals surface area contributed by atoms with E-state index in [9.17, 15) is 4.79 Å². The SMILES string of the molecule is COc1ccc(CCC(=O)N2Cc3cc(OC)c(OC)cc3CC2C)cc1. The van der Waals surface area contributed by atoms with E-state index >= 15 is 0 Å².